The van der Waals surface area contributed by atoms with E-state index < -0.39 is 5.41 Å². The van der Waals surface area contributed by atoms with Crippen LogP contribution >= 0.6 is 11.6 Å². The lowest BCUT2D eigenvalue weighted by atomic mass is 9.84. The van der Waals surface area contributed by atoms with Crippen LogP contribution in [0.4, 0.5) is 11.6 Å². The number of hydrogen-bond donors (Lipinski definition) is 1. The highest BCUT2D eigenvalue weighted by molar-refractivity contribution is 6.30. The fourth-order valence-corrected chi connectivity index (χ4v) is 3.63. The van der Waals surface area contributed by atoms with Crippen LogP contribution in [-0.2, 0) is 10.2 Å². The number of nitrogens with one attached hydrogen (secondary N) is 1. The number of anilines is 2. The summed E-state index contributed by atoms with van der Waals surface area (Å²) in [7, 11) is 0. The van der Waals surface area contributed by atoms with Crippen LogP contribution in [0.2, 0.25) is 5.02 Å². The largest absolute Gasteiger partial charge is 0.367 e. The maximum atomic E-state index is 12.9. The molecule has 0 spiro atoms. The van der Waals surface area contributed by atoms with E-state index in [0.717, 1.165) is 30.0 Å². The van der Waals surface area contributed by atoms with Crippen molar-refractivity contribution in [3.63, 3.8) is 0 Å². The molecule has 6 heteroatoms. The van der Waals surface area contributed by atoms with Crippen LogP contribution in [-0.4, -0.2) is 28.0 Å². The van der Waals surface area contributed by atoms with Gasteiger partial charge in [0.05, 0.1) is 10.4 Å². The van der Waals surface area contributed by atoms with E-state index in [2.05, 4.69) is 15.3 Å². The minimum absolute atomic E-state index is 0.143. The van der Waals surface area contributed by atoms with Crippen LogP contribution in [0.5, 0.6) is 0 Å². The van der Waals surface area contributed by atoms with Gasteiger partial charge in [-0.05, 0) is 44.9 Å². The first-order valence-corrected chi connectivity index (χ1v) is 8.52. The highest BCUT2D eigenvalue weighted by Crippen LogP contribution is 2.44. The van der Waals surface area contributed by atoms with Gasteiger partial charge in [0.1, 0.15) is 11.6 Å². The molecule has 3 heterocycles. The molecule has 4 rings (SSSR count). The Morgan fingerprint density at radius 3 is 2.75 bits per heavy atom. The van der Waals surface area contributed by atoms with Gasteiger partial charge in [0.25, 0.3) is 0 Å². The van der Waals surface area contributed by atoms with Gasteiger partial charge in [-0.25, -0.2) is 9.97 Å². The average Bonchev–Trinajstić information content (AvgIpc) is 2.73. The molecule has 1 fully saturated rings. The molecule has 0 radical (unpaired) electrons. The lowest BCUT2D eigenvalue weighted by Crippen LogP contribution is -2.53. The third-order valence-electron chi connectivity index (χ3n) is 5.00. The summed E-state index contributed by atoms with van der Waals surface area (Å²) in [5.41, 5.74) is 0.519. The summed E-state index contributed by atoms with van der Waals surface area (Å²) in [6.45, 7) is 3.95. The number of fused-ring (bicyclic) bond motifs is 1. The molecule has 1 saturated carbocycles. The zero-order chi connectivity index (χ0) is 16.9. The molecule has 0 aromatic carbocycles. The molecule has 1 aliphatic carbocycles. The Labute approximate surface area is 146 Å². The van der Waals surface area contributed by atoms with Crippen molar-refractivity contribution in [3.8, 4) is 0 Å². The molecule has 0 unspecified atom stereocenters. The number of rotatable bonds is 3. The Morgan fingerprint density at radius 1 is 1.25 bits per heavy atom. The summed E-state index contributed by atoms with van der Waals surface area (Å²) in [5.74, 6) is 1.78. The number of hydrogen-bond acceptors (Lipinski definition) is 4. The topological polar surface area (TPSA) is 58.1 Å². The number of amides is 1. The molecule has 2 aliphatic rings. The highest BCUT2D eigenvalue weighted by Gasteiger charge is 2.50. The number of carbonyl (C=O) groups is 1. The van der Waals surface area contributed by atoms with Gasteiger partial charge in [0, 0.05) is 30.0 Å². The summed E-state index contributed by atoms with van der Waals surface area (Å²) in [4.78, 5) is 23.5. The molecular weight excluding hydrogens is 324 g/mol. The monoisotopic (exact) mass is 342 g/mol. The third kappa shape index (κ3) is 2.35. The molecular formula is C18H19ClN4O. The van der Waals surface area contributed by atoms with Crippen LogP contribution in [0.25, 0.3) is 0 Å². The van der Waals surface area contributed by atoms with E-state index >= 15 is 0 Å². The molecule has 0 bridgehead atoms. The van der Waals surface area contributed by atoms with Gasteiger partial charge in [-0.2, -0.15) is 0 Å². The van der Waals surface area contributed by atoms with E-state index in [1.54, 1.807) is 12.4 Å². The van der Waals surface area contributed by atoms with Gasteiger partial charge >= 0.3 is 0 Å². The highest BCUT2D eigenvalue weighted by atomic mass is 35.5. The molecule has 124 valence electrons. The van der Waals surface area contributed by atoms with Gasteiger partial charge in [-0.15, -0.1) is 0 Å². The number of aromatic nitrogens is 2. The van der Waals surface area contributed by atoms with E-state index in [1.807, 2.05) is 43.0 Å². The van der Waals surface area contributed by atoms with Gasteiger partial charge in [-0.1, -0.05) is 17.7 Å². The van der Waals surface area contributed by atoms with Crippen LogP contribution in [0, 0.1) is 0 Å². The summed E-state index contributed by atoms with van der Waals surface area (Å²) in [6, 6.07) is 8.10. The smallest absolute Gasteiger partial charge is 0.238 e. The lowest BCUT2D eigenvalue weighted by molar-refractivity contribution is -0.122. The predicted octanol–water partition coefficient (Wildman–Crippen LogP) is 3.40. The van der Waals surface area contributed by atoms with Crippen LogP contribution in [0.3, 0.4) is 0 Å². The second-order valence-corrected chi connectivity index (χ2v) is 7.44. The van der Waals surface area contributed by atoms with Crippen LogP contribution < -0.4 is 10.2 Å². The zero-order valence-corrected chi connectivity index (χ0v) is 14.4. The summed E-state index contributed by atoms with van der Waals surface area (Å²) in [6.07, 6.45) is 5.17. The van der Waals surface area contributed by atoms with Crippen molar-refractivity contribution >= 4 is 29.1 Å². The minimum atomic E-state index is -0.500. The summed E-state index contributed by atoms with van der Waals surface area (Å²) in [5, 5.41) is 4.02. The number of halogens is 1. The Kier molecular flexibility index (Phi) is 3.49. The van der Waals surface area contributed by atoms with Crippen molar-refractivity contribution < 1.29 is 4.79 Å². The molecule has 5 nitrogen and oxygen atoms in total. The van der Waals surface area contributed by atoms with Crippen molar-refractivity contribution in [1.82, 2.24) is 9.97 Å². The van der Waals surface area contributed by atoms with Gasteiger partial charge < -0.3 is 5.32 Å². The third-order valence-corrected chi connectivity index (χ3v) is 5.22. The summed E-state index contributed by atoms with van der Waals surface area (Å²) < 4.78 is 0. The molecule has 0 saturated heterocycles. The van der Waals surface area contributed by atoms with Crippen molar-refractivity contribution in [2.24, 2.45) is 0 Å². The van der Waals surface area contributed by atoms with E-state index in [9.17, 15) is 4.79 Å². The van der Waals surface area contributed by atoms with Crippen molar-refractivity contribution in [3.05, 3.63) is 47.2 Å². The average molecular weight is 343 g/mol. The number of carbonyl (C=O) groups excluding carboxylic acids is 1. The first-order valence-electron chi connectivity index (χ1n) is 8.14. The standard InChI is InChI=1S/C18H19ClN4O/c1-18(2)14-4-3-7-20-16(14)23(17(18)24)13-8-12(9-13)22-15-6-5-11(19)10-21-15/h3-7,10,12-13H,8-9H2,1-2H3,(H,21,22). The lowest BCUT2D eigenvalue weighted by Gasteiger charge is -2.41. The van der Waals surface area contributed by atoms with Gasteiger partial charge in [0.2, 0.25) is 5.91 Å². The molecule has 24 heavy (non-hydrogen) atoms. The molecule has 2 aromatic heterocycles. The van der Waals surface area contributed by atoms with Crippen LogP contribution in [0.15, 0.2) is 36.7 Å². The Hall–Kier alpha value is -2.14. The minimum Gasteiger partial charge on any atom is -0.367 e. The Balaban J connectivity index is 1.47. The van der Waals surface area contributed by atoms with Gasteiger partial charge in [0.15, 0.2) is 0 Å². The Bertz CT molecular complexity index is 784. The molecule has 1 amide bonds. The van der Waals surface area contributed by atoms with Crippen molar-refractivity contribution in [1.29, 1.82) is 0 Å². The first-order chi connectivity index (χ1) is 11.5. The van der Waals surface area contributed by atoms with E-state index in [0.29, 0.717) is 11.1 Å². The SMILES string of the molecule is CC1(C)C(=O)N(C2CC(Nc3ccc(Cl)cn3)C2)c2ncccc21. The molecule has 0 atom stereocenters. The molecule has 1 N–H and O–H groups in total. The zero-order valence-electron chi connectivity index (χ0n) is 13.7. The van der Waals surface area contributed by atoms with Crippen molar-refractivity contribution in [2.75, 3.05) is 10.2 Å². The van der Waals surface area contributed by atoms with E-state index in [4.69, 9.17) is 11.6 Å². The van der Waals surface area contributed by atoms with Crippen LogP contribution in [0.1, 0.15) is 32.3 Å². The Morgan fingerprint density at radius 2 is 2.04 bits per heavy atom. The van der Waals surface area contributed by atoms with E-state index in [-0.39, 0.29) is 11.9 Å². The van der Waals surface area contributed by atoms with E-state index in [1.165, 1.54) is 0 Å². The maximum Gasteiger partial charge on any atom is 0.238 e. The predicted molar refractivity (Wildman–Crippen MR) is 94.4 cm³/mol. The van der Waals surface area contributed by atoms with Gasteiger partial charge in [-0.3, -0.25) is 9.69 Å². The quantitative estimate of drug-likeness (QED) is 0.928. The first kappa shape index (κ1) is 15.4. The fraction of sp³-hybridized carbons (Fsp3) is 0.389. The second kappa shape index (κ2) is 5.45. The molecule has 2 aromatic rings. The van der Waals surface area contributed by atoms with Crippen molar-refractivity contribution in [2.45, 2.75) is 44.2 Å². The molecule has 1 aliphatic heterocycles. The normalized spacial score (nSPS) is 24.5. The number of nitrogens with zero attached hydrogens (tertiary/aromatic N) is 3. The summed E-state index contributed by atoms with van der Waals surface area (Å²) >= 11 is 5.85. The fourth-order valence-electron chi connectivity index (χ4n) is 3.51. The maximum absolute atomic E-state index is 12.9. The number of pyridine rings is 2. The second-order valence-electron chi connectivity index (χ2n) is 7.00.